The number of thiazole rings is 1. The van der Waals surface area contributed by atoms with E-state index in [-0.39, 0.29) is 17.7 Å². The van der Waals surface area contributed by atoms with Gasteiger partial charge in [-0.3, -0.25) is 14.5 Å². The van der Waals surface area contributed by atoms with E-state index in [0.717, 1.165) is 27.3 Å². The fourth-order valence-corrected chi connectivity index (χ4v) is 3.95. The normalized spacial score (nSPS) is 17.4. The summed E-state index contributed by atoms with van der Waals surface area (Å²) in [6.07, 6.45) is 1.77. The Bertz CT molecular complexity index is 688. The molecule has 0 aliphatic carbocycles. The van der Waals surface area contributed by atoms with Crippen molar-refractivity contribution in [1.29, 1.82) is 0 Å². The summed E-state index contributed by atoms with van der Waals surface area (Å²) in [6.45, 7) is 2.15. The van der Waals surface area contributed by atoms with Crippen LogP contribution in [0.3, 0.4) is 0 Å². The van der Waals surface area contributed by atoms with Crippen LogP contribution in [-0.2, 0) is 11.3 Å². The summed E-state index contributed by atoms with van der Waals surface area (Å²) >= 11 is 4.04. The Hall–Kier alpha value is -1.44. The van der Waals surface area contributed by atoms with Crippen molar-refractivity contribution < 1.29 is 9.59 Å². The van der Waals surface area contributed by atoms with Gasteiger partial charge < -0.3 is 0 Å². The van der Waals surface area contributed by atoms with Crippen molar-refractivity contribution >= 4 is 51.7 Å². The number of carbonyl (C=O) groups is 2. The molecule has 0 unspecified atom stereocenters. The number of amides is 2. The lowest BCUT2D eigenvalue weighted by molar-refractivity contribution is -0.123. The number of hydrogen-bond acceptors (Lipinski definition) is 6. The highest BCUT2D eigenvalue weighted by Gasteiger charge is 2.35. The first-order valence-corrected chi connectivity index (χ1v) is 8.41. The molecule has 2 amide bonds. The quantitative estimate of drug-likeness (QED) is 0.808. The zero-order valence-electron chi connectivity index (χ0n) is 10.5. The molecule has 7 heteroatoms. The maximum atomic E-state index is 12.2. The van der Waals surface area contributed by atoms with Crippen LogP contribution >= 0.6 is 34.4 Å². The first-order valence-electron chi connectivity index (χ1n) is 5.83. The Morgan fingerprint density at radius 2 is 2.20 bits per heavy atom. The predicted octanol–water partition coefficient (Wildman–Crippen LogP) is 3.75. The molecule has 0 aromatic carbocycles. The monoisotopic (exact) mass is 322 g/mol. The fraction of sp³-hybridized carbons (Fsp3) is 0.154. The molecule has 0 atom stereocenters. The Kier molecular flexibility index (Phi) is 3.73. The molecule has 3 rings (SSSR count). The minimum Gasteiger partial charge on any atom is -0.268 e. The van der Waals surface area contributed by atoms with Gasteiger partial charge in [-0.1, -0.05) is 6.07 Å². The van der Waals surface area contributed by atoms with E-state index in [4.69, 9.17) is 0 Å². The molecule has 1 saturated heterocycles. The molecule has 20 heavy (non-hydrogen) atoms. The summed E-state index contributed by atoms with van der Waals surface area (Å²) in [4.78, 5) is 31.2. The molecule has 0 radical (unpaired) electrons. The fourth-order valence-electron chi connectivity index (χ4n) is 1.78. The maximum absolute atomic E-state index is 12.2. The zero-order chi connectivity index (χ0) is 14.1. The summed E-state index contributed by atoms with van der Waals surface area (Å²) in [5.41, 5.74) is 0.757. The Balaban J connectivity index is 1.80. The smallest absolute Gasteiger partial charge is 0.268 e. The first-order chi connectivity index (χ1) is 9.63. The zero-order valence-corrected chi connectivity index (χ0v) is 13.0. The van der Waals surface area contributed by atoms with Gasteiger partial charge in [-0.2, -0.15) is 0 Å². The van der Waals surface area contributed by atoms with Crippen LogP contribution in [0.4, 0.5) is 4.79 Å². The average molecular weight is 322 g/mol. The number of thioether (sulfide) groups is 1. The molecule has 0 spiro atoms. The number of thiophene rings is 1. The molecule has 4 nitrogen and oxygen atoms in total. The summed E-state index contributed by atoms with van der Waals surface area (Å²) < 4.78 is 0. The molecular weight excluding hydrogens is 312 g/mol. The first kappa shape index (κ1) is 13.5. The van der Waals surface area contributed by atoms with Gasteiger partial charge in [-0.05, 0) is 36.2 Å². The van der Waals surface area contributed by atoms with Gasteiger partial charge in [0.15, 0.2) is 0 Å². The van der Waals surface area contributed by atoms with Crippen LogP contribution in [0, 0.1) is 6.92 Å². The van der Waals surface area contributed by atoms with Crippen molar-refractivity contribution in [2.75, 3.05) is 0 Å². The van der Waals surface area contributed by atoms with E-state index in [1.807, 2.05) is 29.8 Å². The topological polar surface area (TPSA) is 50.3 Å². The molecule has 1 aliphatic heterocycles. The van der Waals surface area contributed by atoms with Crippen LogP contribution in [0.2, 0.25) is 0 Å². The van der Waals surface area contributed by atoms with Crippen LogP contribution in [0.15, 0.2) is 27.8 Å². The van der Waals surface area contributed by atoms with Gasteiger partial charge in [0, 0.05) is 10.3 Å². The van der Waals surface area contributed by atoms with Gasteiger partial charge in [0.25, 0.3) is 11.1 Å². The van der Waals surface area contributed by atoms with E-state index in [2.05, 4.69) is 4.98 Å². The maximum Gasteiger partial charge on any atom is 0.293 e. The third-order valence-electron chi connectivity index (χ3n) is 2.68. The van der Waals surface area contributed by atoms with Crippen LogP contribution in [0.25, 0.3) is 6.08 Å². The van der Waals surface area contributed by atoms with Gasteiger partial charge in [0.05, 0.1) is 22.2 Å². The van der Waals surface area contributed by atoms with Gasteiger partial charge in [-0.25, -0.2) is 4.98 Å². The van der Waals surface area contributed by atoms with E-state index in [1.165, 1.54) is 27.6 Å². The third-order valence-corrected chi connectivity index (χ3v) is 5.23. The van der Waals surface area contributed by atoms with Crippen LogP contribution in [0.1, 0.15) is 15.6 Å². The van der Waals surface area contributed by atoms with E-state index in [0.29, 0.717) is 4.91 Å². The van der Waals surface area contributed by atoms with Crippen molar-refractivity contribution in [3.63, 3.8) is 0 Å². The van der Waals surface area contributed by atoms with Crippen LogP contribution in [-0.4, -0.2) is 21.0 Å². The number of aryl methyl sites for hydroxylation is 1. The molecule has 2 aromatic heterocycles. The Morgan fingerprint density at radius 3 is 2.85 bits per heavy atom. The van der Waals surface area contributed by atoms with E-state index in [9.17, 15) is 9.59 Å². The van der Waals surface area contributed by atoms with Crippen LogP contribution < -0.4 is 0 Å². The van der Waals surface area contributed by atoms with Gasteiger partial charge in [0.1, 0.15) is 0 Å². The molecular formula is C13H10N2O2S3. The van der Waals surface area contributed by atoms with Crippen molar-refractivity contribution in [1.82, 2.24) is 9.88 Å². The number of rotatable bonds is 3. The van der Waals surface area contributed by atoms with E-state index in [1.54, 1.807) is 6.08 Å². The van der Waals surface area contributed by atoms with Crippen LogP contribution in [0.5, 0.6) is 0 Å². The molecule has 1 fully saturated rings. The number of imide groups is 1. The molecule has 1 aliphatic rings. The summed E-state index contributed by atoms with van der Waals surface area (Å²) in [7, 11) is 0. The minimum absolute atomic E-state index is 0.233. The molecule has 0 N–H and O–H groups in total. The number of nitrogens with zero attached hydrogens (tertiary/aromatic N) is 2. The molecule has 0 bridgehead atoms. The van der Waals surface area contributed by atoms with E-state index < -0.39 is 0 Å². The second kappa shape index (κ2) is 5.51. The van der Waals surface area contributed by atoms with Gasteiger partial charge in [0.2, 0.25) is 0 Å². The third kappa shape index (κ3) is 2.70. The second-order valence-corrected chi connectivity index (χ2v) is 7.18. The lowest BCUT2D eigenvalue weighted by Gasteiger charge is -2.09. The van der Waals surface area contributed by atoms with Crippen molar-refractivity contribution in [2.24, 2.45) is 0 Å². The van der Waals surface area contributed by atoms with Crippen molar-refractivity contribution in [3.8, 4) is 0 Å². The summed E-state index contributed by atoms with van der Waals surface area (Å²) in [6, 6.07) is 3.83. The number of carbonyl (C=O) groups excluding carboxylic acids is 2. The average Bonchev–Trinajstić information content (AvgIpc) is 3.10. The Morgan fingerprint density at radius 1 is 1.35 bits per heavy atom. The SMILES string of the molecule is Cc1nc(CN2C(=O)S/C(=C\c3cccs3)C2=O)cs1. The molecule has 3 heterocycles. The highest BCUT2D eigenvalue weighted by Crippen LogP contribution is 2.33. The predicted molar refractivity (Wildman–Crippen MR) is 82.7 cm³/mol. The largest absolute Gasteiger partial charge is 0.293 e. The number of aromatic nitrogens is 1. The van der Waals surface area contributed by atoms with Gasteiger partial charge in [-0.15, -0.1) is 22.7 Å². The second-order valence-electron chi connectivity index (χ2n) is 4.14. The highest BCUT2D eigenvalue weighted by atomic mass is 32.2. The lowest BCUT2D eigenvalue weighted by Crippen LogP contribution is -2.27. The molecule has 102 valence electrons. The van der Waals surface area contributed by atoms with E-state index >= 15 is 0 Å². The molecule has 2 aromatic rings. The highest BCUT2D eigenvalue weighted by molar-refractivity contribution is 8.18. The lowest BCUT2D eigenvalue weighted by atomic mass is 10.3. The standard InChI is InChI=1S/C13H10N2O2S3/c1-8-14-9(7-19-8)6-15-12(16)11(20-13(15)17)5-10-3-2-4-18-10/h2-5,7H,6H2,1H3/b11-5-. The molecule has 0 saturated carbocycles. The Labute approximate surface area is 128 Å². The summed E-state index contributed by atoms with van der Waals surface area (Å²) in [5, 5.41) is 4.51. The van der Waals surface area contributed by atoms with Crippen molar-refractivity contribution in [2.45, 2.75) is 13.5 Å². The minimum atomic E-state index is -0.237. The van der Waals surface area contributed by atoms with Gasteiger partial charge >= 0.3 is 0 Å². The summed E-state index contributed by atoms with van der Waals surface area (Å²) in [5.74, 6) is -0.237. The van der Waals surface area contributed by atoms with Crippen molar-refractivity contribution in [3.05, 3.63) is 43.4 Å². The number of hydrogen-bond donors (Lipinski definition) is 0.